The Hall–Kier alpha value is -1.48. The van der Waals surface area contributed by atoms with E-state index < -0.39 is 0 Å². The van der Waals surface area contributed by atoms with E-state index >= 15 is 0 Å². The molecule has 2 heterocycles. The monoisotopic (exact) mass is 359 g/mol. The highest BCUT2D eigenvalue weighted by Gasteiger charge is 2.32. The molecule has 25 heavy (non-hydrogen) atoms. The quantitative estimate of drug-likeness (QED) is 0.683. The molecule has 0 atom stereocenters. The lowest BCUT2D eigenvalue weighted by Crippen LogP contribution is -2.27. The van der Waals surface area contributed by atoms with Gasteiger partial charge < -0.3 is 4.90 Å². The molecule has 3 rings (SSSR count). The molecule has 0 unspecified atom stereocenters. The van der Waals surface area contributed by atoms with Gasteiger partial charge in [-0.2, -0.15) is 0 Å². The van der Waals surface area contributed by atoms with Crippen LogP contribution in [0.2, 0.25) is 5.02 Å². The SMILES string of the molecule is CC(C)(C)CC(C)(C)c1cc(N2CCCC2)nn1-c1ccc(Cl)cc1. The zero-order valence-corrected chi connectivity index (χ0v) is 16.9. The number of hydrogen-bond acceptors (Lipinski definition) is 2. The predicted octanol–water partition coefficient (Wildman–Crippen LogP) is 5.84. The molecule has 0 radical (unpaired) electrons. The van der Waals surface area contributed by atoms with Crippen LogP contribution in [-0.4, -0.2) is 22.9 Å². The summed E-state index contributed by atoms with van der Waals surface area (Å²) in [6, 6.07) is 10.3. The van der Waals surface area contributed by atoms with Gasteiger partial charge in [-0.1, -0.05) is 46.2 Å². The van der Waals surface area contributed by atoms with E-state index in [1.165, 1.54) is 18.5 Å². The van der Waals surface area contributed by atoms with Gasteiger partial charge in [-0.05, 0) is 48.9 Å². The average Bonchev–Trinajstić information content (AvgIpc) is 3.15. The third kappa shape index (κ3) is 4.20. The van der Waals surface area contributed by atoms with Crippen molar-refractivity contribution < 1.29 is 0 Å². The minimum Gasteiger partial charge on any atom is -0.355 e. The van der Waals surface area contributed by atoms with Crippen molar-refractivity contribution in [3.8, 4) is 5.69 Å². The Kier molecular flexibility index (Phi) is 4.89. The molecule has 0 spiro atoms. The second-order valence-corrected chi connectivity index (χ2v) is 9.53. The number of aromatic nitrogens is 2. The Labute approximate surface area is 157 Å². The largest absolute Gasteiger partial charge is 0.355 e. The van der Waals surface area contributed by atoms with Crippen LogP contribution >= 0.6 is 11.6 Å². The van der Waals surface area contributed by atoms with Crippen molar-refractivity contribution in [2.45, 2.75) is 59.3 Å². The number of anilines is 1. The zero-order valence-electron chi connectivity index (χ0n) is 16.1. The number of hydrogen-bond donors (Lipinski definition) is 0. The van der Waals surface area contributed by atoms with E-state index in [0.29, 0.717) is 0 Å². The molecule has 1 aliphatic rings. The molecule has 1 saturated heterocycles. The molecule has 0 bridgehead atoms. The molecule has 0 amide bonds. The number of rotatable bonds is 4. The third-order valence-electron chi connectivity index (χ3n) is 4.86. The minimum atomic E-state index is 0.0306. The van der Waals surface area contributed by atoms with Crippen molar-refractivity contribution in [1.29, 1.82) is 0 Å². The van der Waals surface area contributed by atoms with Gasteiger partial charge >= 0.3 is 0 Å². The summed E-state index contributed by atoms with van der Waals surface area (Å²) in [5.41, 5.74) is 2.63. The van der Waals surface area contributed by atoms with E-state index in [-0.39, 0.29) is 10.8 Å². The van der Waals surface area contributed by atoms with Gasteiger partial charge in [-0.25, -0.2) is 4.68 Å². The van der Waals surface area contributed by atoms with Gasteiger partial charge in [-0.3, -0.25) is 0 Å². The number of nitrogens with zero attached hydrogens (tertiary/aromatic N) is 3. The Morgan fingerprint density at radius 1 is 1.00 bits per heavy atom. The highest BCUT2D eigenvalue weighted by molar-refractivity contribution is 6.30. The summed E-state index contributed by atoms with van der Waals surface area (Å²) in [6.45, 7) is 13.8. The first-order chi connectivity index (χ1) is 11.7. The molecular formula is C21H30ClN3. The summed E-state index contributed by atoms with van der Waals surface area (Å²) in [7, 11) is 0. The van der Waals surface area contributed by atoms with Crippen LogP contribution in [0.15, 0.2) is 30.3 Å². The highest BCUT2D eigenvalue weighted by atomic mass is 35.5. The van der Waals surface area contributed by atoms with Crippen LogP contribution in [0, 0.1) is 5.41 Å². The van der Waals surface area contributed by atoms with Crippen LogP contribution in [-0.2, 0) is 5.41 Å². The van der Waals surface area contributed by atoms with Gasteiger partial charge in [0.25, 0.3) is 0 Å². The second-order valence-electron chi connectivity index (χ2n) is 9.09. The Balaban J connectivity index is 2.06. The summed E-state index contributed by atoms with van der Waals surface area (Å²) < 4.78 is 2.12. The van der Waals surface area contributed by atoms with Crippen molar-refractivity contribution in [2.75, 3.05) is 18.0 Å². The topological polar surface area (TPSA) is 21.1 Å². The van der Waals surface area contributed by atoms with Crippen LogP contribution < -0.4 is 4.90 Å². The molecule has 1 aromatic heterocycles. The van der Waals surface area contributed by atoms with Gasteiger partial charge in [-0.15, -0.1) is 5.10 Å². The van der Waals surface area contributed by atoms with Gasteiger partial charge in [0, 0.05) is 29.6 Å². The fourth-order valence-corrected chi connectivity index (χ4v) is 4.27. The van der Waals surface area contributed by atoms with E-state index in [1.807, 2.05) is 12.1 Å². The first-order valence-electron chi connectivity index (χ1n) is 9.27. The van der Waals surface area contributed by atoms with Crippen LogP contribution in [0.4, 0.5) is 5.82 Å². The summed E-state index contributed by atoms with van der Waals surface area (Å²) >= 11 is 6.09. The molecule has 0 saturated carbocycles. The van der Waals surface area contributed by atoms with E-state index in [2.05, 4.69) is 62.4 Å². The molecule has 2 aromatic rings. The van der Waals surface area contributed by atoms with Gasteiger partial charge in [0.15, 0.2) is 5.82 Å². The Morgan fingerprint density at radius 2 is 1.60 bits per heavy atom. The molecule has 3 nitrogen and oxygen atoms in total. The maximum atomic E-state index is 6.09. The first-order valence-corrected chi connectivity index (χ1v) is 9.65. The maximum Gasteiger partial charge on any atom is 0.151 e. The smallest absolute Gasteiger partial charge is 0.151 e. The molecular weight excluding hydrogens is 330 g/mol. The molecule has 1 fully saturated rings. The Bertz CT molecular complexity index is 717. The lowest BCUT2D eigenvalue weighted by molar-refractivity contribution is 0.276. The molecule has 136 valence electrons. The van der Waals surface area contributed by atoms with Crippen LogP contribution in [0.3, 0.4) is 0 Å². The number of halogens is 1. The van der Waals surface area contributed by atoms with Crippen LogP contribution in [0.25, 0.3) is 5.69 Å². The van der Waals surface area contributed by atoms with Crippen molar-refractivity contribution in [1.82, 2.24) is 9.78 Å². The fraction of sp³-hybridized carbons (Fsp3) is 0.571. The van der Waals surface area contributed by atoms with Gasteiger partial charge in [0.2, 0.25) is 0 Å². The van der Waals surface area contributed by atoms with E-state index in [4.69, 9.17) is 16.7 Å². The zero-order chi connectivity index (χ0) is 18.2. The minimum absolute atomic E-state index is 0.0306. The van der Waals surface area contributed by atoms with Gasteiger partial charge in [0.1, 0.15) is 0 Å². The normalized spacial score (nSPS) is 15.8. The molecule has 1 aromatic carbocycles. The summed E-state index contributed by atoms with van der Waals surface area (Å²) in [4.78, 5) is 2.41. The summed E-state index contributed by atoms with van der Waals surface area (Å²) in [5.74, 6) is 1.10. The van der Waals surface area contributed by atoms with Crippen LogP contribution in [0.5, 0.6) is 0 Å². The lowest BCUT2D eigenvalue weighted by atomic mass is 9.74. The highest BCUT2D eigenvalue weighted by Crippen LogP contribution is 2.38. The second kappa shape index (κ2) is 6.68. The van der Waals surface area contributed by atoms with Crippen molar-refractivity contribution in [3.05, 3.63) is 41.0 Å². The lowest BCUT2D eigenvalue weighted by Gasteiger charge is -2.32. The van der Waals surface area contributed by atoms with Crippen LogP contribution in [0.1, 0.15) is 59.6 Å². The van der Waals surface area contributed by atoms with Crippen molar-refractivity contribution in [3.63, 3.8) is 0 Å². The molecule has 1 aliphatic heterocycles. The molecule has 0 N–H and O–H groups in total. The number of benzene rings is 1. The first kappa shape index (κ1) is 18.3. The fourth-order valence-electron chi connectivity index (χ4n) is 4.15. The maximum absolute atomic E-state index is 6.09. The van der Waals surface area contributed by atoms with Gasteiger partial charge in [0.05, 0.1) is 11.4 Å². The van der Waals surface area contributed by atoms with E-state index in [0.717, 1.165) is 36.0 Å². The molecule has 4 heteroatoms. The third-order valence-corrected chi connectivity index (χ3v) is 5.12. The summed E-state index contributed by atoms with van der Waals surface area (Å²) in [6.07, 6.45) is 3.61. The predicted molar refractivity (Wildman–Crippen MR) is 107 cm³/mol. The standard InChI is InChI=1S/C21H30ClN3/c1-20(2,3)15-21(4,5)18-14-19(24-12-6-7-13-24)23-25(18)17-10-8-16(22)9-11-17/h8-11,14H,6-7,12-13,15H2,1-5H3. The van der Waals surface area contributed by atoms with Crippen molar-refractivity contribution in [2.24, 2.45) is 5.41 Å². The summed E-state index contributed by atoms with van der Waals surface area (Å²) in [5, 5.41) is 5.74. The van der Waals surface area contributed by atoms with Crippen molar-refractivity contribution >= 4 is 17.4 Å². The molecule has 0 aliphatic carbocycles. The Morgan fingerprint density at radius 3 is 2.16 bits per heavy atom. The van der Waals surface area contributed by atoms with E-state index in [1.54, 1.807) is 0 Å². The average molecular weight is 360 g/mol. The van der Waals surface area contributed by atoms with E-state index in [9.17, 15) is 0 Å².